The number of ether oxygens (including phenoxy) is 2. The van der Waals surface area contributed by atoms with Gasteiger partial charge in [0.2, 0.25) is 5.91 Å². The Hall–Kier alpha value is -3.49. The number of β-lactam (4-membered cyclic amide) rings is 1. The number of allylic oxidation sites excluding steroid dienone is 1. The number of amides is 1. The number of esters is 2. The maximum atomic E-state index is 12.3. The van der Waals surface area contributed by atoms with E-state index in [1.54, 1.807) is 12.2 Å². The number of nitro benzene ring substituents is 1. The molecule has 0 spiro atoms. The molecule has 2 aliphatic rings. The monoisotopic (exact) mass is 386 g/mol. The summed E-state index contributed by atoms with van der Waals surface area (Å²) in [6.07, 6.45) is 5.48. The number of carbonyl (C=O) groups excluding carboxylic acids is 3. The van der Waals surface area contributed by atoms with Gasteiger partial charge in [0, 0.05) is 18.2 Å². The lowest BCUT2D eigenvalue weighted by Crippen LogP contribution is -2.58. The average molecular weight is 386 g/mol. The van der Waals surface area contributed by atoms with Crippen LogP contribution in [0.4, 0.5) is 5.69 Å². The summed E-state index contributed by atoms with van der Waals surface area (Å²) < 4.78 is 9.73. The van der Waals surface area contributed by atoms with Crippen LogP contribution in [0.25, 0.3) is 0 Å². The molecule has 1 saturated heterocycles. The molecule has 28 heavy (non-hydrogen) atoms. The van der Waals surface area contributed by atoms with Crippen molar-refractivity contribution in [2.24, 2.45) is 5.92 Å². The molecule has 0 N–H and O–H groups in total. The summed E-state index contributed by atoms with van der Waals surface area (Å²) in [6, 6.07) is 5.57. The molecule has 1 fully saturated rings. The van der Waals surface area contributed by atoms with Crippen molar-refractivity contribution in [3.8, 4) is 0 Å². The van der Waals surface area contributed by atoms with Gasteiger partial charge in [-0.15, -0.1) is 0 Å². The molecule has 146 valence electrons. The first-order valence-corrected chi connectivity index (χ1v) is 8.60. The van der Waals surface area contributed by atoms with Gasteiger partial charge < -0.3 is 14.4 Å². The highest BCUT2D eigenvalue weighted by Gasteiger charge is 2.52. The maximum Gasteiger partial charge on any atom is 0.355 e. The van der Waals surface area contributed by atoms with Crippen LogP contribution in [0.3, 0.4) is 0 Å². The van der Waals surface area contributed by atoms with Gasteiger partial charge in [0.1, 0.15) is 12.3 Å². The molecular formula is C19H18N2O7. The molecule has 9 nitrogen and oxygen atoms in total. The van der Waals surface area contributed by atoms with Crippen LogP contribution in [-0.2, 0) is 30.5 Å². The Balaban J connectivity index is 1.52. The lowest BCUT2D eigenvalue weighted by atomic mass is 9.85. The van der Waals surface area contributed by atoms with Crippen LogP contribution in [0.15, 0.2) is 48.2 Å². The largest absolute Gasteiger partial charge is 0.466 e. The van der Waals surface area contributed by atoms with Gasteiger partial charge in [0.15, 0.2) is 0 Å². The van der Waals surface area contributed by atoms with Crippen LogP contribution in [0.5, 0.6) is 0 Å². The van der Waals surface area contributed by atoms with Crippen molar-refractivity contribution in [2.45, 2.75) is 25.5 Å². The van der Waals surface area contributed by atoms with Crippen LogP contribution >= 0.6 is 0 Å². The van der Waals surface area contributed by atoms with E-state index in [4.69, 9.17) is 4.74 Å². The number of carbonyl (C=O) groups is 3. The van der Waals surface area contributed by atoms with E-state index in [9.17, 15) is 24.5 Å². The molecule has 3 rings (SSSR count). The number of non-ortho nitro benzene ring substituents is 1. The van der Waals surface area contributed by atoms with Crippen molar-refractivity contribution in [1.82, 2.24) is 4.90 Å². The molecule has 1 aromatic carbocycles. The average Bonchev–Trinajstić information content (AvgIpc) is 3.09. The van der Waals surface area contributed by atoms with Crippen molar-refractivity contribution >= 4 is 23.5 Å². The smallest absolute Gasteiger partial charge is 0.355 e. The maximum absolute atomic E-state index is 12.3. The molecule has 0 bridgehead atoms. The van der Waals surface area contributed by atoms with Crippen molar-refractivity contribution < 1.29 is 28.8 Å². The minimum atomic E-state index is -0.613. The van der Waals surface area contributed by atoms with E-state index in [2.05, 4.69) is 4.74 Å². The van der Waals surface area contributed by atoms with E-state index in [1.807, 2.05) is 0 Å². The summed E-state index contributed by atoms with van der Waals surface area (Å²) in [5.74, 6) is -1.56. The Morgan fingerprint density at radius 3 is 2.68 bits per heavy atom. The first-order chi connectivity index (χ1) is 13.4. The highest BCUT2D eigenvalue weighted by Crippen LogP contribution is 2.40. The summed E-state index contributed by atoms with van der Waals surface area (Å²) >= 11 is 0. The molecule has 2 aliphatic heterocycles. The van der Waals surface area contributed by atoms with E-state index < -0.39 is 16.9 Å². The summed E-state index contributed by atoms with van der Waals surface area (Å²) in [5, 5.41) is 10.6. The number of hydrogen-bond donors (Lipinski definition) is 0. The van der Waals surface area contributed by atoms with Crippen LogP contribution in [0.1, 0.15) is 18.4 Å². The Bertz CT molecular complexity index is 873. The SMILES string of the molecule is COC(=O)/C=C/CC1C(=O)N2C(C(=O)OCc3ccc([N+](=O)[O-])cc3)=CCC12. The van der Waals surface area contributed by atoms with Gasteiger partial charge in [-0.25, -0.2) is 9.59 Å². The van der Waals surface area contributed by atoms with Gasteiger partial charge in [-0.3, -0.25) is 14.9 Å². The Morgan fingerprint density at radius 1 is 1.32 bits per heavy atom. The fraction of sp³-hybridized carbons (Fsp3) is 0.316. The number of fused-ring (bicyclic) bond motifs is 1. The Labute approximate surface area is 160 Å². The molecule has 1 amide bonds. The number of rotatable bonds is 7. The molecule has 2 heterocycles. The molecule has 0 aromatic heterocycles. The zero-order chi connectivity index (χ0) is 20.3. The highest BCUT2D eigenvalue weighted by molar-refractivity contribution is 5.99. The van der Waals surface area contributed by atoms with Crippen LogP contribution < -0.4 is 0 Å². The van der Waals surface area contributed by atoms with Crippen molar-refractivity contribution in [3.63, 3.8) is 0 Å². The van der Waals surface area contributed by atoms with Gasteiger partial charge >= 0.3 is 11.9 Å². The first kappa shape index (κ1) is 19.3. The second kappa shape index (κ2) is 8.03. The summed E-state index contributed by atoms with van der Waals surface area (Å²) in [5.41, 5.74) is 0.773. The second-order valence-corrected chi connectivity index (χ2v) is 6.37. The van der Waals surface area contributed by atoms with Crippen molar-refractivity contribution in [2.75, 3.05) is 7.11 Å². The van der Waals surface area contributed by atoms with Crippen LogP contribution in [-0.4, -0.2) is 40.8 Å². The van der Waals surface area contributed by atoms with Gasteiger partial charge in [-0.1, -0.05) is 12.2 Å². The fourth-order valence-corrected chi connectivity index (χ4v) is 3.26. The number of nitrogens with zero attached hydrogens (tertiary/aromatic N) is 2. The van der Waals surface area contributed by atoms with Crippen LogP contribution in [0.2, 0.25) is 0 Å². The van der Waals surface area contributed by atoms with E-state index >= 15 is 0 Å². The predicted octanol–water partition coefficient (Wildman–Crippen LogP) is 1.87. The summed E-state index contributed by atoms with van der Waals surface area (Å²) in [4.78, 5) is 47.3. The third-order valence-corrected chi connectivity index (χ3v) is 4.73. The van der Waals surface area contributed by atoms with E-state index in [-0.39, 0.29) is 35.9 Å². The number of hydrogen-bond acceptors (Lipinski definition) is 7. The van der Waals surface area contributed by atoms with Gasteiger partial charge in [0.25, 0.3) is 5.69 Å². The molecular weight excluding hydrogens is 368 g/mol. The second-order valence-electron chi connectivity index (χ2n) is 6.37. The number of benzene rings is 1. The first-order valence-electron chi connectivity index (χ1n) is 8.60. The zero-order valence-electron chi connectivity index (χ0n) is 15.1. The zero-order valence-corrected chi connectivity index (χ0v) is 15.1. The molecule has 0 saturated carbocycles. The van der Waals surface area contributed by atoms with Gasteiger partial charge in [-0.05, 0) is 30.5 Å². The fourth-order valence-electron chi connectivity index (χ4n) is 3.26. The third-order valence-electron chi connectivity index (χ3n) is 4.73. The van der Waals surface area contributed by atoms with Gasteiger partial charge in [0.05, 0.1) is 24.0 Å². The molecule has 9 heteroatoms. The standard InChI is InChI=1S/C19H18N2O7/c1-27-17(22)4-2-3-14-15-9-10-16(20(15)18(14)23)19(24)28-11-12-5-7-13(8-6-12)21(25)26/h2,4-8,10,14-15H,3,9,11H2,1H3/b4-2+. The molecule has 2 unspecified atom stereocenters. The molecule has 2 atom stereocenters. The van der Waals surface area contributed by atoms with Crippen molar-refractivity contribution in [3.05, 3.63) is 63.9 Å². The third kappa shape index (κ3) is 3.78. The number of methoxy groups -OCH3 is 1. The Morgan fingerprint density at radius 2 is 2.04 bits per heavy atom. The minimum absolute atomic E-state index is 0.0464. The normalized spacial score (nSPS) is 20.4. The summed E-state index contributed by atoms with van der Waals surface area (Å²) in [6.45, 7) is -0.0494. The molecule has 0 aliphatic carbocycles. The quantitative estimate of drug-likeness (QED) is 0.231. The molecule has 1 aromatic rings. The minimum Gasteiger partial charge on any atom is -0.466 e. The lowest BCUT2D eigenvalue weighted by Gasteiger charge is -2.43. The van der Waals surface area contributed by atoms with E-state index in [1.165, 1.54) is 42.4 Å². The van der Waals surface area contributed by atoms with Crippen molar-refractivity contribution in [1.29, 1.82) is 0 Å². The van der Waals surface area contributed by atoms with E-state index in [0.29, 0.717) is 18.4 Å². The van der Waals surface area contributed by atoms with Gasteiger partial charge in [-0.2, -0.15) is 0 Å². The van der Waals surface area contributed by atoms with E-state index in [0.717, 1.165) is 0 Å². The molecule has 0 radical (unpaired) electrons. The summed E-state index contributed by atoms with van der Waals surface area (Å²) in [7, 11) is 1.28. The predicted molar refractivity (Wildman–Crippen MR) is 95.5 cm³/mol. The lowest BCUT2D eigenvalue weighted by molar-refractivity contribution is -0.384. The van der Waals surface area contributed by atoms with Crippen LogP contribution in [0, 0.1) is 16.0 Å². The topological polar surface area (TPSA) is 116 Å². The Kier molecular flexibility index (Phi) is 5.53. The number of nitro groups is 1. The highest BCUT2D eigenvalue weighted by atomic mass is 16.6.